The van der Waals surface area contributed by atoms with Gasteiger partial charge in [0.25, 0.3) is 6.71 Å². The number of hydrogen-bond acceptors (Lipinski definition) is 3. The third-order valence-corrected chi connectivity index (χ3v) is 21.0. The number of benzene rings is 6. The highest BCUT2D eigenvalue weighted by Gasteiger charge is 2.51. The van der Waals surface area contributed by atoms with Crippen LogP contribution in [0.3, 0.4) is 0 Å². The van der Waals surface area contributed by atoms with E-state index in [0.29, 0.717) is 5.92 Å². The fourth-order valence-corrected chi connectivity index (χ4v) is 15.6. The summed E-state index contributed by atoms with van der Waals surface area (Å²) in [6.07, 6.45) is 13.3. The summed E-state index contributed by atoms with van der Waals surface area (Å²) in [4.78, 5) is 5.50. The molecule has 76 heavy (non-hydrogen) atoms. The molecule has 1 aromatic heterocycles. The van der Waals surface area contributed by atoms with Crippen molar-refractivity contribution in [1.29, 1.82) is 0 Å². The van der Waals surface area contributed by atoms with Gasteiger partial charge < -0.3 is 14.2 Å². The Morgan fingerprint density at radius 1 is 0.487 bits per heavy atom. The number of anilines is 6. The van der Waals surface area contributed by atoms with Crippen LogP contribution in [0.15, 0.2) is 108 Å². The second kappa shape index (κ2) is 16.5. The van der Waals surface area contributed by atoms with Crippen LogP contribution in [0.5, 0.6) is 0 Å². The van der Waals surface area contributed by atoms with E-state index in [4.69, 9.17) is 4.42 Å². The number of furan rings is 1. The van der Waals surface area contributed by atoms with E-state index in [1.165, 1.54) is 151 Å². The van der Waals surface area contributed by atoms with E-state index >= 15 is 0 Å². The number of rotatable bonds is 4. The quantitative estimate of drug-likeness (QED) is 0.164. The molecule has 13 rings (SSSR count). The molecule has 4 heteroatoms. The number of fused-ring (bicyclic) bond motifs is 9. The van der Waals surface area contributed by atoms with Crippen LogP contribution in [0.25, 0.3) is 22.1 Å². The first-order valence-corrected chi connectivity index (χ1v) is 29.7. The van der Waals surface area contributed by atoms with E-state index in [1.807, 2.05) is 0 Å². The molecule has 2 aliphatic heterocycles. The maximum Gasteiger partial charge on any atom is 0.297 e. The van der Waals surface area contributed by atoms with E-state index < -0.39 is 0 Å². The zero-order valence-electron chi connectivity index (χ0n) is 49.1. The van der Waals surface area contributed by atoms with Gasteiger partial charge >= 0.3 is 0 Å². The van der Waals surface area contributed by atoms with Crippen LogP contribution in [-0.2, 0) is 37.9 Å². The zero-order valence-corrected chi connectivity index (χ0v) is 49.1. The van der Waals surface area contributed by atoms with Crippen molar-refractivity contribution >= 4 is 68.4 Å². The second-order valence-corrected chi connectivity index (χ2v) is 30.0. The first-order chi connectivity index (χ1) is 35.8. The molecular formula is C72H85BN2O. The maximum atomic E-state index is 7.84. The first kappa shape index (κ1) is 50.1. The predicted molar refractivity (Wildman–Crippen MR) is 326 cm³/mol. The van der Waals surface area contributed by atoms with Gasteiger partial charge in [0.05, 0.1) is 17.0 Å². The van der Waals surface area contributed by atoms with Crippen LogP contribution in [0.1, 0.15) is 225 Å². The molecule has 0 atom stereocenters. The Morgan fingerprint density at radius 2 is 0.974 bits per heavy atom. The lowest BCUT2D eigenvalue weighted by molar-refractivity contribution is 0.332. The number of hydrogen-bond donors (Lipinski definition) is 0. The average Bonchev–Trinajstić information content (AvgIpc) is 3.76. The van der Waals surface area contributed by atoms with Gasteiger partial charge in [0.15, 0.2) is 0 Å². The van der Waals surface area contributed by atoms with Gasteiger partial charge in [0.1, 0.15) is 5.58 Å². The largest absolute Gasteiger partial charge is 0.468 e. The van der Waals surface area contributed by atoms with Crippen molar-refractivity contribution in [3.8, 4) is 11.1 Å². The normalized spacial score (nSPS) is 21.3. The molecular weight excluding hydrogens is 920 g/mol. The van der Waals surface area contributed by atoms with Gasteiger partial charge in [-0.25, -0.2) is 0 Å². The Bertz CT molecular complexity index is 3510. The molecule has 0 radical (unpaired) electrons. The van der Waals surface area contributed by atoms with E-state index in [9.17, 15) is 0 Å². The molecule has 3 heterocycles. The fourth-order valence-electron chi connectivity index (χ4n) is 15.6. The van der Waals surface area contributed by atoms with E-state index in [-0.39, 0.29) is 44.6 Å². The molecule has 0 saturated heterocycles. The average molecular weight is 1010 g/mol. The lowest BCUT2D eigenvalue weighted by atomic mass is 9.35. The Balaban J connectivity index is 1.21. The second-order valence-electron chi connectivity index (χ2n) is 30.0. The topological polar surface area (TPSA) is 19.6 Å². The van der Waals surface area contributed by atoms with Crippen LogP contribution >= 0.6 is 0 Å². The van der Waals surface area contributed by atoms with E-state index in [0.717, 1.165) is 36.9 Å². The number of nitrogens with zero attached hydrogens (tertiary/aromatic N) is 2. The Kier molecular flexibility index (Phi) is 10.9. The first-order valence-electron chi connectivity index (χ1n) is 29.7. The van der Waals surface area contributed by atoms with Gasteiger partial charge in [-0.2, -0.15) is 0 Å². The van der Waals surface area contributed by atoms with E-state index in [1.54, 1.807) is 0 Å². The maximum absolute atomic E-state index is 7.84. The molecule has 0 amide bonds. The summed E-state index contributed by atoms with van der Waals surface area (Å²) in [5.74, 6) is 0.486. The molecule has 0 spiro atoms. The molecule has 6 aromatic carbocycles. The van der Waals surface area contributed by atoms with E-state index in [2.05, 4.69) is 217 Å². The minimum atomic E-state index is -0.124. The summed E-state index contributed by atoms with van der Waals surface area (Å²) in [6.45, 7) is 36.8. The van der Waals surface area contributed by atoms with Crippen molar-refractivity contribution in [2.45, 2.75) is 218 Å². The lowest BCUT2D eigenvalue weighted by Crippen LogP contribution is -2.61. The summed E-state index contributed by atoms with van der Waals surface area (Å²) in [5, 5.41) is 1.24. The standard InChI is InChI=1S/C72H85BN2O/c1-66(2,3)47-26-28-48(29-27-47)74-60-36-46(44-22-18-16-19-23-44)37-61-63(60)73(65-64(74)50-39-52-56(43-62(50)76-65)72(14,15)35-31-68(52,6)7)57-40-53-55(71(12,13)34-32-69(53,8)9)42-59(57)75(61)58-41-54-51(67(4,5)30-33-70(54,10)11)38-49(58)45-24-20-17-21-25-45/h17,20-21,24-29,36-44H,16,18-19,22-23,30-35H2,1-15H3. The highest BCUT2D eigenvalue weighted by atomic mass is 16.3. The summed E-state index contributed by atoms with van der Waals surface area (Å²) in [5.41, 5.74) is 27.0. The minimum absolute atomic E-state index is 0.0108. The molecule has 1 saturated carbocycles. The van der Waals surface area contributed by atoms with Gasteiger partial charge in [-0.1, -0.05) is 172 Å². The Morgan fingerprint density at radius 3 is 1.53 bits per heavy atom. The zero-order chi connectivity index (χ0) is 53.4. The van der Waals surface area contributed by atoms with Crippen LogP contribution in [0, 0.1) is 0 Å². The van der Waals surface area contributed by atoms with Gasteiger partial charge in [0.2, 0.25) is 0 Å². The summed E-state index contributed by atoms with van der Waals surface area (Å²) >= 11 is 0. The van der Waals surface area contributed by atoms with Crippen LogP contribution in [0.4, 0.5) is 34.1 Å². The van der Waals surface area contributed by atoms with Gasteiger partial charge in [-0.15, -0.1) is 0 Å². The van der Waals surface area contributed by atoms with Gasteiger partial charge in [-0.3, -0.25) is 0 Å². The minimum Gasteiger partial charge on any atom is -0.468 e. The summed E-state index contributed by atoms with van der Waals surface area (Å²) in [6, 6.07) is 42.2. The van der Waals surface area contributed by atoms with Crippen molar-refractivity contribution in [1.82, 2.24) is 0 Å². The smallest absolute Gasteiger partial charge is 0.297 e. The van der Waals surface area contributed by atoms with Crippen LogP contribution in [-0.4, -0.2) is 6.71 Å². The molecule has 1 fully saturated rings. The Labute approximate surface area is 457 Å². The molecule has 0 N–H and O–H groups in total. The van der Waals surface area contributed by atoms with Crippen molar-refractivity contribution < 1.29 is 4.42 Å². The highest BCUT2D eigenvalue weighted by molar-refractivity contribution is 7.00. The van der Waals surface area contributed by atoms with Gasteiger partial charge in [-0.05, 0) is 211 Å². The SMILES string of the molecule is CC(C)(C)c1ccc(N2c3cc(C4CCCCC4)cc4c3B(c3cc5c(cc3N4c3cc4c(cc3-c3ccccc3)C(C)(C)CCC4(C)C)C(C)(C)CCC5(C)C)c3oc4cc5c(cc4c32)C(C)(C)CCC5(C)C)cc1. The summed E-state index contributed by atoms with van der Waals surface area (Å²) < 4.78 is 7.84. The molecule has 6 aliphatic rings. The fraction of sp³-hybridized carbons (Fsp3) is 0.472. The van der Waals surface area contributed by atoms with Crippen LogP contribution in [0.2, 0.25) is 0 Å². The third-order valence-electron chi connectivity index (χ3n) is 21.0. The van der Waals surface area contributed by atoms with Crippen LogP contribution < -0.4 is 26.4 Å². The van der Waals surface area contributed by atoms with Gasteiger partial charge in [0, 0.05) is 33.7 Å². The molecule has 392 valence electrons. The monoisotopic (exact) mass is 1000 g/mol. The highest BCUT2D eigenvalue weighted by Crippen LogP contribution is 2.57. The molecule has 7 aromatic rings. The molecule has 4 aliphatic carbocycles. The van der Waals surface area contributed by atoms with Crippen molar-refractivity contribution in [2.75, 3.05) is 9.80 Å². The Hall–Kier alpha value is -5.48. The molecule has 0 unspecified atom stereocenters. The predicted octanol–water partition coefficient (Wildman–Crippen LogP) is 18.6. The van der Waals surface area contributed by atoms with Crippen molar-refractivity contribution in [3.05, 3.63) is 148 Å². The summed E-state index contributed by atoms with van der Waals surface area (Å²) in [7, 11) is 0. The van der Waals surface area contributed by atoms with Crippen molar-refractivity contribution in [2.24, 2.45) is 0 Å². The molecule has 0 bridgehead atoms. The van der Waals surface area contributed by atoms with Crippen molar-refractivity contribution in [3.63, 3.8) is 0 Å². The third kappa shape index (κ3) is 7.54. The lowest BCUT2D eigenvalue weighted by Gasteiger charge is -2.48. The molecule has 3 nitrogen and oxygen atoms in total.